The van der Waals surface area contributed by atoms with Crippen molar-refractivity contribution in [3.8, 4) is 0 Å². The van der Waals surface area contributed by atoms with Crippen molar-refractivity contribution < 1.29 is 29.5 Å². The second-order valence-electron chi connectivity index (χ2n) is 6.96. The van der Waals surface area contributed by atoms with Gasteiger partial charge in [0.15, 0.2) is 0 Å². The maximum Gasteiger partial charge on any atom is 0.221 e. The first kappa shape index (κ1) is 17.5. The van der Waals surface area contributed by atoms with Gasteiger partial charge in [0, 0.05) is 5.92 Å². The standard InChI is InChI=1S/C15H28N2O6/c1-6-5-7(2)21-14-15(6,20)23-12-9(17-4)10(18)8(16-3)11(19)13(12)22-14/h6-14,16-20H,5H2,1-4H3/t6-,7-,8-,9+,10?,11+,12?,13?,14?,15?/m1/s1. The van der Waals surface area contributed by atoms with Crippen LogP contribution in [0.15, 0.2) is 0 Å². The molecule has 10 atom stereocenters. The molecule has 134 valence electrons. The number of hydrogen-bond acceptors (Lipinski definition) is 8. The van der Waals surface area contributed by atoms with Crippen LogP contribution >= 0.6 is 0 Å². The summed E-state index contributed by atoms with van der Waals surface area (Å²) in [5.74, 6) is -1.78. The molecule has 0 aromatic rings. The van der Waals surface area contributed by atoms with Gasteiger partial charge in [-0.15, -0.1) is 0 Å². The Morgan fingerprint density at radius 2 is 1.61 bits per heavy atom. The quantitative estimate of drug-likeness (QED) is 0.400. The summed E-state index contributed by atoms with van der Waals surface area (Å²) in [6.45, 7) is 3.80. The molecule has 0 radical (unpaired) electrons. The van der Waals surface area contributed by atoms with Gasteiger partial charge in [-0.2, -0.15) is 0 Å². The van der Waals surface area contributed by atoms with Crippen LogP contribution in [0.3, 0.4) is 0 Å². The number of hydrogen-bond donors (Lipinski definition) is 5. The first-order valence-corrected chi connectivity index (χ1v) is 8.25. The lowest BCUT2D eigenvalue weighted by molar-refractivity contribution is -0.456. The second-order valence-corrected chi connectivity index (χ2v) is 6.96. The number of nitrogens with one attached hydrogen (secondary N) is 2. The van der Waals surface area contributed by atoms with E-state index in [1.807, 2.05) is 13.8 Å². The molecule has 0 aromatic carbocycles. The van der Waals surface area contributed by atoms with Crippen LogP contribution < -0.4 is 10.6 Å². The zero-order valence-corrected chi connectivity index (χ0v) is 14.0. The monoisotopic (exact) mass is 332 g/mol. The molecule has 0 aromatic heterocycles. The lowest BCUT2D eigenvalue weighted by Crippen LogP contribution is -2.77. The molecule has 1 saturated carbocycles. The van der Waals surface area contributed by atoms with Crippen LogP contribution in [-0.2, 0) is 14.2 Å². The third-order valence-corrected chi connectivity index (χ3v) is 5.48. The van der Waals surface area contributed by atoms with E-state index in [1.54, 1.807) is 14.1 Å². The van der Waals surface area contributed by atoms with E-state index in [1.165, 1.54) is 0 Å². The lowest BCUT2D eigenvalue weighted by atomic mass is 9.79. The van der Waals surface area contributed by atoms with E-state index in [0.717, 1.165) is 0 Å². The maximum absolute atomic E-state index is 10.9. The van der Waals surface area contributed by atoms with Crippen molar-refractivity contribution in [1.29, 1.82) is 0 Å². The largest absolute Gasteiger partial charge is 0.390 e. The Hall–Kier alpha value is -0.320. The molecule has 8 nitrogen and oxygen atoms in total. The van der Waals surface area contributed by atoms with Gasteiger partial charge in [-0.25, -0.2) is 0 Å². The fourth-order valence-corrected chi connectivity index (χ4v) is 4.12. The smallest absolute Gasteiger partial charge is 0.221 e. The number of aliphatic hydroxyl groups is 3. The Bertz CT molecular complexity index is 440. The Balaban J connectivity index is 1.91. The Labute approximate surface area is 136 Å². The molecule has 3 fully saturated rings. The summed E-state index contributed by atoms with van der Waals surface area (Å²) in [5, 5.41) is 37.9. The van der Waals surface area contributed by atoms with E-state index in [9.17, 15) is 15.3 Å². The Morgan fingerprint density at radius 3 is 2.22 bits per heavy atom. The van der Waals surface area contributed by atoms with E-state index in [4.69, 9.17) is 14.2 Å². The normalized spacial score (nSPS) is 56.7. The van der Waals surface area contributed by atoms with Crippen molar-refractivity contribution in [1.82, 2.24) is 10.6 Å². The van der Waals surface area contributed by atoms with Gasteiger partial charge in [-0.3, -0.25) is 0 Å². The van der Waals surface area contributed by atoms with Crippen LogP contribution in [0.2, 0.25) is 0 Å². The summed E-state index contributed by atoms with van der Waals surface area (Å²) in [4.78, 5) is 0. The van der Waals surface area contributed by atoms with Gasteiger partial charge in [0.05, 0.1) is 24.3 Å². The first-order chi connectivity index (χ1) is 10.8. The molecule has 1 aliphatic carbocycles. The van der Waals surface area contributed by atoms with Gasteiger partial charge in [0.2, 0.25) is 12.1 Å². The summed E-state index contributed by atoms with van der Waals surface area (Å²) in [7, 11) is 3.38. The molecule has 3 aliphatic rings. The van der Waals surface area contributed by atoms with E-state index in [0.29, 0.717) is 6.42 Å². The fourth-order valence-electron chi connectivity index (χ4n) is 4.12. The SMILES string of the molecule is CN[C@@H]1C2OC3(O)C(OC2[C@@H](O)[C@H](NC)C1O)O[C@H](C)C[C@H]3C. The zero-order valence-electron chi connectivity index (χ0n) is 14.0. The summed E-state index contributed by atoms with van der Waals surface area (Å²) in [6, 6.07) is -1.06. The topological polar surface area (TPSA) is 112 Å². The van der Waals surface area contributed by atoms with Crippen LogP contribution in [0.5, 0.6) is 0 Å². The highest BCUT2D eigenvalue weighted by Crippen LogP contribution is 2.44. The average molecular weight is 332 g/mol. The van der Waals surface area contributed by atoms with Gasteiger partial charge >= 0.3 is 0 Å². The molecular weight excluding hydrogens is 304 g/mol. The minimum absolute atomic E-state index is 0.0676. The number of ether oxygens (including phenoxy) is 3. The van der Waals surface area contributed by atoms with Crippen LogP contribution in [0.25, 0.3) is 0 Å². The van der Waals surface area contributed by atoms with Gasteiger partial charge in [-0.1, -0.05) is 6.92 Å². The second kappa shape index (κ2) is 6.20. The molecule has 5 unspecified atom stereocenters. The number of rotatable bonds is 2. The molecule has 2 saturated heterocycles. The summed E-state index contributed by atoms with van der Waals surface area (Å²) in [6.07, 6.45) is -3.65. The van der Waals surface area contributed by atoms with E-state index in [-0.39, 0.29) is 12.0 Å². The van der Waals surface area contributed by atoms with E-state index in [2.05, 4.69) is 10.6 Å². The number of fused-ring (bicyclic) bond motifs is 2. The third-order valence-electron chi connectivity index (χ3n) is 5.48. The lowest BCUT2D eigenvalue weighted by Gasteiger charge is -2.57. The minimum Gasteiger partial charge on any atom is -0.390 e. The van der Waals surface area contributed by atoms with Crippen molar-refractivity contribution >= 4 is 0 Å². The van der Waals surface area contributed by atoms with Crippen molar-refractivity contribution in [3.05, 3.63) is 0 Å². The van der Waals surface area contributed by atoms with Crippen molar-refractivity contribution in [2.45, 2.75) is 74.9 Å². The number of aliphatic hydroxyl groups excluding tert-OH is 2. The van der Waals surface area contributed by atoms with Crippen LogP contribution in [0.4, 0.5) is 0 Å². The molecule has 2 aliphatic heterocycles. The van der Waals surface area contributed by atoms with Gasteiger partial charge in [0.1, 0.15) is 18.3 Å². The van der Waals surface area contributed by atoms with Crippen LogP contribution in [-0.4, -0.2) is 84.1 Å². The average Bonchev–Trinajstić information content (AvgIpc) is 2.49. The van der Waals surface area contributed by atoms with Crippen LogP contribution in [0, 0.1) is 5.92 Å². The highest BCUT2D eigenvalue weighted by molar-refractivity contribution is 5.09. The van der Waals surface area contributed by atoms with Gasteiger partial charge in [-0.05, 0) is 27.4 Å². The molecule has 5 N–H and O–H groups in total. The van der Waals surface area contributed by atoms with E-state index < -0.39 is 48.6 Å². The molecule has 23 heavy (non-hydrogen) atoms. The Morgan fingerprint density at radius 1 is 0.957 bits per heavy atom. The molecule has 8 heteroatoms. The zero-order chi connectivity index (χ0) is 16.9. The summed E-state index contributed by atoms with van der Waals surface area (Å²) >= 11 is 0. The summed E-state index contributed by atoms with van der Waals surface area (Å²) in [5.41, 5.74) is 0. The van der Waals surface area contributed by atoms with Crippen molar-refractivity contribution in [2.75, 3.05) is 14.1 Å². The molecular formula is C15H28N2O6. The molecule has 3 rings (SSSR count). The minimum atomic E-state index is -1.59. The van der Waals surface area contributed by atoms with Crippen molar-refractivity contribution in [3.63, 3.8) is 0 Å². The fraction of sp³-hybridized carbons (Fsp3) is 1.00. The highest BCUT2D eigenvalue weighted by Gasteiger charge is 2.62. The molecule has 0 amide bonds. The van der Waals surface area contributed by atoms with Crippen LogP contribution in [0.1, 0.15) is 20.3 Å². The van der Waals surface area contributed by atoms with Gasteiger partial charge < -0.3 is 40.2 Å². The predicted molar refractivity (Wildman–Crippen MR) is 80.5 cm³/mol. The molecule has 0 spiro atoms. The van der Waals surface area contributed by atoms with Crippen molar-refractivity contribution in [2.24, 2.45) is 5.92 Å². The predicted octanol–water partition coefficient (Wildman–Crippen LogP) is -1.86. The Kier molecular flexibility index (Phi) is 4.72. The third kappa shape index (κ3) is 2.61. The highest BCUT2D eigenvalue weighted by atomic mass is 16.8. The first-order valence-electron chi connectivity index (χ1n) is 8.25. The number of likely N-dealkylation sites (N-methyl/N-ethyl adjacent to an activating group) is 2. The molecule has 2 heterocycles. The summed E-state index contributed by atoms with van der Waals surface area (Å²) < 4.78 is 17.6. The molecule has 0 bridgehead atoms. The maximum atomic E-state index is 10.9. The van der Waals surface area contributed by atoms with E-state index >= 15 is 0 Å². The van der Waals surface area contributed by atoms with Gasteiger partial charge in [0.25, 0.3) is 0 Å².